The van der Waals surface area contributed by atoms with Gasteiger partial charge in [0.1, 0.15) is 5.69 Å². The van der Waals surface area contributed by atoms with Gasteiger partial charge in [0.2, 0.25) is 0 Å². The molecule has 0 atom stereocenters. The van der Waals surface area contributed by atoms with E-state index in [0.717, 1.165) is 11.3 Å². The lowest BCUT2D eigenvalue weighted by Gasteiger charge is -2.09. The zero-order valence-electron chi connectivity index (χ0n) is 11.1. The van der Waals surface area contributed by atoms with Crippen molar-refractivity contribution in [1.29, 1.82) is 0 Å². The minimum atomic E-state index is -0.532. The molecule has 0 radical (unpaired) electrons. The van der Waals surface area contributed by atoms with Gasteiger partial charge in [0.05, 0.1) is 17.0 Å². The van der Waals surface area contributed by atoms with Crippen LogP contribution in [0.2, 0.25) is 0 Å². The topological polar surface area (TPSA) is 81.8 Å². The third kappa shape index (κ3) is 2.49. The van der Waals surface area contributed by atoms with E-state index < -0.39 is 5.91 Å². The van der Waals surface area contributed by atoms with E-state index >= 15 is 0 Å². The molecule has 0 bridgehead atoms. The third-order valence-electron chi connectivity index (χ3n) is 3.05. The molecule has 5 nitrogen and oxygen atoms in total. The zero-order valence-corrected chi connectivity index (χ0v) is 11.1. The van der Waals surface area contributed by atoms with Crippen LogP contribution in [-0.2, 0) is 0 Å². The Hall–Kier alpha value is -3.08. The maximum absolute atomic E-state index is 11.6. The molecule has 0 aliphatic carbocycles. The number of nitrogens with zero attached hydrogens (tertiary/aromatic N) is 3. The van der Waals surface area contributed by atoms with Gasteiger partial charge in [0, 0.05) is 24.2 Å². The first kappa shape index (κ1) is 12.9. The molecular formula is C16H12N4O. The normalized spacial score (nSPS) is 10.3. The average Bonchev–Trinajstić information content (AvgIpc) is 2.55. The molecule has 5 heteroatoms. The van der Waals surface area contributed by atoms with E-state index in [0.29, 0.717) is 17.0 Å². The van der Waals surface area contributed by atoms with E-state index in [-0.39, 0.29) is 0 Å². The number of rotatable bonds is 3. The van der Waals surface area contributed by atoms with Crippen molar-refractivity contribution in [3.05, 3.63) is 66.6 Å². The van der Waals surface area contributed by atoms with Gasteiger partial charge in [-0.15, -0.1) is 0 Å². The fourth-order valence-corrected chi connectivity index (χ4v) is 2.12. The van der Waals surface area contributed by atoms with Crippen molar-refractivity contribution in [3.63, 3.8) is 0 Å². The number of nitrogens with two attached hydrogens (primary N) is 1. The molecule has 3 aromatic rings. The highest BCUT2D eigenvalue weighted by Gasteiger charge is 2.16. The number of amides is 1. The summed E-state index contributed by atoms with van der Waals surface area (Å²) in [6.07, 6.45) is 4.97. The van der Waals surface area contributed by atoms with Crippen LogP contribution in [0.1, 0.15) is 10.4 Å². The van der Waals surface area contributed by atoms with Gasteiger partial charge >= 0.3 is 0 Å². The fraction of sp³-hybridized carbons (Fsp3) is 0. The first-order valence-corrected chi connectivity index (χ1v) is 6.39. The molecule has 0 saturated carbocycles. The predicted molar refractivity (Wildman–Crippen MR) is 79.2 cm³/mol. The molecule has 3 aromatic heterocycles. The summed E-state index contributed by atoms with van der Waals surface area (Å²) in [6, 6.07) is 12.6. The van der Waals surface area contributed by atoms with Crippen LogP contribution in [-0.4, -0.2) is 20.9 Å². The minimum Gasteiger partial charge on any atom is -0.366 e. The van der Waals surface area contributed by atoms with Gasteiger partial charge < -0.3 is 5.73 Å². The van der Waals surface area contributed by atoms with Crippen LogP contribution in [0.4, 0.5) is 0 Å². The van der Waals surface area contributed by atoms with Crippen molar-refractivity contribution < 1.29 is 4.79 Å². The third-order valence-corrected chi connectivity index (χ3v) is 3.05. The van der Waals surface area contributed by atoms with Crippen LogP contribution in [0, 0.1) is 0 Å². The smallest absolute Gasteiger partial charge is 0.250 e. The Bertz CT molecular complexity index is 787. The van der Waals surface area contributed by atoms with Crippen LogP contribution in [0.5, 0.6) is 0 Å². The molecule has 0 fully saturated rings. The Morgan fingerprint density at radius 2 is 1.52 bits per heavy atom. The standard InChI is InChI=1S/C16H12N4O/c17-16(21)12-6-4-10-20-15(12)14-11(5-3-9-19-14)13-7-1-2-8-18-13/h1-10H,(H2,17,21). The van der Waals surface area contributed by atoms with Crippen LogP contribution in [0.3, 0.4) is 0 Å². The van der Waals surface area contributed by atoms with Gasteiger partial charge in [0.25, 0.3) is 5.91 Å². The van der Waals surface area contributed by atoms with Crippen LogP contribution >= 0.6 is 0 Å². The van der Waals surface area contributed by atoms with Crippen molar-refractivity contribution >= 4 is 5.91 Å². The van der Waals surface area contributed by atoms with Crippen LogP contribution in [0.15, 0.2) is 61.1 Å². The summed E-state index contributed by atoms with van der Waals surface area (Å²) < 4.78 is 0. The van der Waals surface area contributed by atoms with E-state index in [1.807, 2.05) is 30.3 Å². The molecule has 0 unspecified atom stereocenters. The second-order valence-corrected chi connectivity index (χ2v) is 4.38. The summed E-state index contributed by atoms with van der Waals surface area (Å²) in [5.74, 6) is -0.532. The van der Waals surface area contributed by atoms with E-state index in [1.54, 1.807) is 30.7 Å². The summed E-state index contributed by atoms with van der Waals surface area (Å²) >= 11 is 0. The summed E-state index contributed by atoms with van der Waals surface area (Å²) in [4.78, 5) is 24.5. The summed E-state index contributed by atoms with van der Waals surface area (Å²) in [7, 11) is 0. The zero-order chi connectivity index (χ0) is 14.7. The quantitative estimate of drug-likeness (QED) is 0.795. The number of carbonyl (C=O) groups excluding carboxylic acids is 1. The number of aromatic nitrogens is 3. The molecule has 102 valence electrons. The number of primary amides is 1. The number of carbonyl (C=O) groups is 1. The van der Waals surface area contributed by atoms with Gasteiger partial charge in [-0.3, -0.25) is 19.7 Å². The van der Waals surface area contributed by atoms with Gasteiger partial charge in [-0.25, -0.2) is 0 Å². The lowest BCUT2D eigenvalue weighted by atomic mass is 10.0. The van der Waals surface area contributed by atoms with Gasteiger partial charge in [-0.2, -0.15) is 0 Å². The van der Waals surface area contributed by atoms with Crippen molar-refractivity contribution in [2.75, 3.05) is 0 Å². The lowest BCUT2D eigenvalue weighted by molar-refractivity contribution is 0.100. The Labute approximate surface area is 121 Å². The van der Waals surface area contributed by atoms with E-state index in [2.05, 4.69) is 15.0 Å². The average molecular weight is 276 g/mol. The SMILES string of the molecule is NC(=O)c1cccnc1-c1ncccc1-c1ccccn1. The Morgan fingerprint density at radius 3 is 2.24 bits per heavy atom. The monoisotopic (exact) mass is 276 g/mol. The Morgan fingerprint density at radius 1 is 0.810 bits per heavy atom. The first-order chi connectivity index (χ1) is 10.3. The second kappa shape index (κ2) is 5.50. The van der Waals surface area contributed by atoms with Gasteiger partial charge in [0.15, 0.2) is 0 Å². The number of hydrogen-bond acceptors (Lipinski definition) is 4. The van der Waals surface area contributed by atoms with Gasteiger partial charge in [-0.05, 0) is 36.4 Å². The second-order valence-electron chi connectivity index (χ2n) is 4.38. The van der Waals surface area contributed by atoms with Gasteiger partial charge in [-0.1, -0.05) is 6.07 Å². The fourth-order valence-electron chi connectivity index (χ4n) is 2.12. The van der Waals surface area contributed by atoms with E-state index in [1.165, 1.54) is 0 Å². The molecule has 1 amide bonds. The molecule has 3 rings (SSSR count). The summed E-state index contributed by atoms with van der Waals surface area (Å²) in [6.45, 7) is 0. The molecule has 0 aliphatic rings. The molecular weight excluding hydrogens is 264 g/mol. The molecule has 2 N–H and O–H groups in total. The summed E-state index contributed by atoms with van der Waals surface area (Å²) in [5, 5.41) is 0. The highest BCUT2D eigenvalue weighted by Crippen LogP contribution is 2.29. The minimum absolute atomic E-state index is 0.341. The van der Waals surface area contributed by atoms with Crippen molar-refractivity contribution in [3.8, 4) is 22.6 Å². The van der Waals surface area contributed by atoms with E-state index in [9.17, 15) is 4.79 Å². The molecule has 0 aromatic carbocycles. The lowest BCUT2D eigenvalue weighted by Crippen LogP contribution is -2.13. The highest BCUT2D eigenvalue weighted by molar-refractivity contribution is 5.99. The number of pyridine rings is 3. The molecule has 0 aliphatic heterocycles. The molecule has 21 heavy (non-hydrogen) atoms. The van der Waals surface area contributed by atoms with Crippen molar-refractivity contribution in [2.24, 2.45) is 5.73 Å². The predicted octanol–water partition coefficient (Wildman–Crippen LogP) is 2.30. The summed E-state index contributed by atoms with van der Waals surface area (Å²) in [5.41, 5.74) is 8.38. The first-order valence-electron chi connectivity index (χ1n) is 6.39. The molecule has 0 spiro atoms. The van der Waals surface area contributed by atoms with Crippen molar-refractivity contribution in [1.82, 2.24) is 15.0 Å². The Kier molecular flexibility index (Phi) is 3.39. The largest absolute Gasteiger partial charge is 0.366 e. The van der Waals surface area contributed by atoms with Crippen LogP contribution in [0.25, 0.3) is 22.6 Å². The van der Waals surface area contributed by atoms with Crippen LogP contribution < -0.4 is 5.73 Å². The maximum Gasteiger partial charge on any atom is 0.250 e. The Balaban J connectivity index is 2.24. The highest BCUT2D eigenvalue weighted by atomic mass is 16.1. The maximum atomic E-state index is 11.6. The van der Waals surface area contributed by atoms with E-state index in [4.69, 9.17) is 5.73 Å². The number of hydrogen-bond donors (Lipinski definition) is 1. The molecule has 0 saturated heterocycles. The van der Waals surface area contributed by atoms with Crippen molar-refractivity contribution in [2.45, 2.75) is 0 Å². The molecule has 3 heterocycles.